The Balaban J connectivity index is 2.41. The lowest BCUT2D eigenvalue weighted by Crippen LogP contribution is -2.28. The van der Waals surface area contributed by atoms with E-state index in [0.717, 1.165) is 12.2 Å². The number of aromatic hydroxyl groups is 1. The van der Waals surface area contributed by atoms with Gasteiger partial charge in [-0.05, 0) is 12.1 Å². The van der Waals surface area contributed by atoms with Crippen molar-refractivity contribution in [3.63, 3.8) is 0 Å². The molecule has 0 saturated carbocycles. The number of anilines is 1. The number of rotatable bonds is 4. The first kappa shape index (κ1) is 8.83. The molecular weight excluding hydrogens is 154 g/mol. The fourth-order valence-corrected chi connectivity index (χ4v) is 0.895. The lowest BCUT2D eigenvalue weighted by Gasteiger charge is -2.05. The molecule has 1 rings (SSSR count). The molecule has 0 heterocycles. The van der Waals surface area contributed by atoms with E-state index in [2.05, 4.69) is 10.7 Å². The first-order valence-electron chi connectivity index (χ1n) is 3.79. The van der Waals surface area contributed by atoms with E-state index in [1.807, 2.05) is 6.07 Å². The Morgan fingerprint density at radius 3 is 2.83 bits per heavy atom. The van der Waals surface area contributed by atoms with Crippen LogP contribution in [0.1, 0.15) is 0 Å². The molecule has 0 aromatic heterocycles. The second-order valence-corrected chi connectivity index (χ2v) is 2.43. The van der Waals surface area contributed by atoms with E-state index in [1.165, 1.54) is 0 Å². The molecule has 4 nitrogen and oxygen atoms in total. The summed E-state index contributed by atoms with van der Waals surface area (Å²) < 4.78 is 0. The monoisotopic (exact) mass is 167 g/mol. The van der Waals surface area contributed by atoms with E-state index < -0.39 is 0 Å². The van der Waals surface area contributed by atoms with Gasteiger partial charge in [-0.3, -0.25) is 11.3 Å². The molecule has 66 valence electrons. The highest BCUT2D eigenvalue weighted by Crippen LogP contribution is 2.14. The SMILES string of the molecule is NNCCNc1cccc(O)c1. The lowest BCUT2D eigenvalue weighted by atomic mass is 10.3. The number of hydrogen-bond donors (Lipinski definition) is 4. The van der Waals surface area contributed by atoms with Gasteiger partial charge < -0.3 is 10.4 Å². The molecule has 0 aliphatic heterocycles. The van der Waals surface area contributed by atoms with Gasteiger partial charge in [0, 0.05) is 24.8 Å². The van der Waals surface area contributed by atoms with Gasteiger partial charge in [-0.2, -0.15) is 0 Å². The molecule has 1 aromatic rings. The van der Waals surface area contributed by atoms with E-state index in [4.69, 9.17) is 10.9 Å². The predicted molar refractivity (Wildman–Crippen MR) is 48.8 cm³/mol. The van der Waals surface area contributed by atoms with Gasteiger partial charge in [0.15, 0.2) is 0 Å². The minimum Gasteiger partial charge on any atom is -0.508 e. The smallest absolute Gasteiger partial charge is 0.117 e. The number of nitrogens with two attached hydrogens (primary N) is 1. The van der Waals surface area contributed by atoms with Crippen LogP contribution in [0.15, 0.2) is 24.3 Å². The van der Waals surface area contributed by atoms with Crippen molar-refractivity contribution in [2.75, 3.05) is 18.4 Å². The average Bonchev–Trinajstić information content (AvgIpc) is 2.05. The van der Waals surface area contributed by atoms with Crippen LogP contribution >= 0.6 is 0 Å². The lowest BCUT2D eigenvalue weighted by molar-refractivity contribution is 0.475. The summed E-state index contributed by atoms with van der Waals surface area (Å²) in [6, 6.07) is 6.96. The Bertz CT molecular complexity index is 239. The van der Waals surface area contributed by atoms with E-state index in [1.54, 1.807) is 18.2 Å². The van der Waals surface area contributed by atoms with Crippen molar-refractivity contribution in [2.45, 2.75) is 0 Å². The van der Waals surface area contributed by atoms with Crippen molar-refractivity contribution >= 4 is 5.69 Å². The van der Waals surface area contributed by atoms with Gasteiger partial charge in [-0.25, -0.2) is 0 Å². The molecule has 0 aliphatic rings. The first-order chi connectivity index (χ1) is 5.83. The molecule has 0 spiro atoms. The maximum absolute atomic E-state index is 9.09. The van der Waals surface area contributed by atoms with Gasteiger partial charge in [0.1, 0.15) is 5.75 Å². The van der Waals surface area contributed by atoms with Crippen LogP contribution in [0.4, 0.5) is 5.69 Å². The van der Waals surface area contributed by atoms with Gasteiger partial charge in [-0.15, -0.1) is 0 Å². The highest BCUT2D eigenvalue weighted by atomic mass is 16.3. The van der Waals surface area contributed by atoms with Crippen LogP contribution < -0.4 is 16.6 Å². The second-order valence-electron chi connectivity index (χ2n) is 2.43. The van der Waals surface area contributed by atoms with Crippen LogP contribution in [-0.2, 0) is 0 Å². The fraction of sp³-hybridized carbons (Fsp3) is 0.250. The zero-order valence-electron chi connectivity index (χ0n) is 6.75. The normalized spacial score (nSPS) is 9.75. The van der Waals surface area contributed by atoms with Gasteiger partial charge in [-0.1, -0.05) is 6.07 Å². The molecule has 0 saturated heterocycles. The van der Waals surface area contributed by atoms with E-state index in [9.17, 15) is 0 Å². The third-order valence-electron chi connectivity index (χ3n) is 1.44. The van der Waals surface area contributed by atoms with E-state index in [-0.39, 0.29) is 5.75 Å². The molecule has 0 bridgehead atoms. The topological polar surface area (TPSA) is 70.3 Å². The highest BCUT2D eigenvalue weighted by molar-refractivity contribution is 5.47. The van der Waals surface area contributed by atoms with Crippen LogP contribution in [0.5, 0.6) is 5.75 Å². The zero-order chi connectivity index (χ0) is 8.81. The minimum absolute atomic E-state index is 0.265. The summed E-state index contributed by atoms with van der Waals surface area (Å²) in [4.78, 5) is 0. The quantitative estimate of drug-likeness (QED) is 0.295. The molecule has 12 heavy (non-hydrogen) atoms. The van der Waals surface area contributed by atoms with Crippen LogP contribution in [0.3, 0.4) is 0 Å². The Morgan fingerprint density at radius 2 is 2.17 bits per heavy atom. The number of benzene rings is 1. The van der Waals surface area contributed by atoms with Crippen LogP contribution in [0, 0.1) is 0 Å². The summed E-state index contributed by atoms with van der Waals surface area (Å²) in [5, 5.41) is 12.2. The molecule has 0 fully saturated rings. The summed E-state index contributed by atoms with van der Waals surface area (Å²) in [6.07, 6.45) is 0. The van der Waals surface area contributed by atoms with Crippen molar-refractivity contribution in [3.05, 3.63) is 24.3 Å². The van der Waals surface area contributed by atoms with Gasteiger partial charge in [0.2, 0.25) is 0 Å². The van der Waals surface area contributed by atoms with Gasteiger partial charge in [0.25, 0.3) is 0 Å². The number of hydrazine groups is 1. The Morgan fingerprint density at radius 1 is 1.33 bits per heavy atom. The van der Waals surface area contributed by atoms with E-state index >= 15 is 0 Å². The standard InChI is InChI=1S/C8H13N3O/c9-11-5-4-10-7-2-1-3-8(12)6-7/h1-3,6,10-12H,4-5,9H2. The summed E-state index contributed by atoms with van der Waals surface area (Å²) >= 11 is 0. The fourth-order valence-electron chi connectivity index (χ4n) is 0.895. The van der Waals surface area contributed by atoms with Crippen LogP contribution in [0.2, 0.25) is 0 Å². The van der Waals surface area contributed by atoms with Crippen molar-refractivity contribution in [1.82, 2.24) is 5.43 Å². The van der Waals surface area contributed by atoms with Gasteiger partial charge >= 0.3 is 0 Å². The van der Waals surface area contributed by atoms with E-state index in [0.29, 0.717) is 6.54 Å². The van der Waals surface area contributed by atoms with Crippen LogP contribution in [0.25, 0.3) is 0 Å². The summed E-state index contributed by atoms with van der Waals surface area (Å²) in [5.41, 5.74) is 3.42. The third kappa shape index (κ3) is 2.77. The first-order valence-corrected chi connectivity index (χ1v) is 3.79. The average molecular weight is 167 g/mol. The molecule has 0 aliphatic carbocycles. The summed E-state index contributed by atoms with van der Waals surface area (Å²) in [5.74, 6) is 5.35. The molecule has 5 N–H and O–H groups in total. The molecule has 0 radical (unpaired) electrons. The van der Waals surface area contributed by atoms with Gasteiger partial charge in [0.05, 0.1) is 0 Å². The van der Waals surface area contributed by atoms with Crippen LogP contribution in [-0.4, -0.2) is 18.2 Å². The van der Waals surface area contributed by atoms with Crippen molar-refractivity contribution in [3.8, 4) is 5.75 Å². The molecule has 1 aromatic carbocycles. The maximum atomic E-state index is 9.09. The second kappa shape index (κ2) is 4.58. The van der Waals surface area contributed by atoms with Crippen molar-refractivity contribution < 1.29 is 5.11 Å². The molecule has 0 atom stereocenters. The molecule has 4 heteroatoms. The molecular formula is C8H13N3O. The number of nitrogens with one attached hydrogen (secondary N) is 2. The Labute approximate surface area is 71.4 Å². The molecule has 0 unspecified atom stereocenters. The minimum atomic E-state index is 0.265. The van der Waals surface area contributed by atoms with Crippen molar-refractivity contribution in [2.24, 2.45) is 5.84 Å². The predicted octanol–water partition coefficient (Wildman–Crippen LogP) is 0.267. The maximum Gasteiger partial charge on any atom is 0.117 e. The number of phenolic OH excluding ortho intramolecular Hbond substituents is 1. The Kier molecular flexibility index (Phi) is 3.37. The summed E-state index contributed by atoms with van der Waals surface area (Å²) in [7, 11) is 0. The highest BCUT2D eigenvalue weighted by Gasteiger charge is 1.91. The zero-order valence-corrected chi connectivity index (χ0v) is 6.75. The largest absolute Gasteiger partial charge is 0.508 e. The summed E-state index contributed by atoms with van der Waals surface area (Å²) in [6.45, 7) is 1.43. The number of hydrogen-bond acceptors (Lipinski definition) is 4. The number of phenols is 1. The van der Waals surface area contributed by atoms with Crippen molar-refractivity contribution in [1.29, 1.82) is 0 Å². The molecule has 0 amide bonds. The Hall–Kier alpha value is -1.26. The third-order valence-corrected chi connectivity index (χ3v) is 1.44.